The van der Waals surface area contributed by atoms with Crippen LogP contribution < -0.4 is 0 Å². The number of nitrogens with zero attached hydrogens (tertiary/aromatic N) is 1. The third-order valence-electron chi connectivity index (χ3n) is 2.97. The van der Waals surface area contributed by atoms with E-state index in [1.807, 2.05) is 36.2 Å². The number of carbonyl (C=O) groups is 1. The quantitative estimate of drug-likeness (QED) is 0.825. The first-order chi connectivity index (χ1) is 8.54. The van der Waals surface area contributed by atoms with Gasteiger partial charge in [-0.25, -0.2) is 0 Å². The van der Waals surface area contributed by atoms with Gasteiger partial charge in [-0.3, -0.25) is 9.69 Å². The van der Waals surface area contributed by atoms with Crippen molar-refractivity contribution in [3.63, 3.8) is 0 Å². The summed E-state index contributed by atoms with van der Waals surface area (Å²) in [6.45, 7) is 2.66. The van der Waals surface area contributed by atoms with Gasteiger partial charge in [0.25, 0.3) is 0 Å². The molecule has 100 valence electrons. The zero-order chi connectivity index (χ0) is 13.5. The first-order valence-corrected chi connectivity index (χ1v) is 6.60. The predicted molar refractivity (Wildman–Crippen MR) is 73.9 cm³/mol. The van der Waals surface area contributed by atoms with Gasteiger partial charge in [0.1, 0.15) is 6.04 Å². The molecular weight excluding hydrogens is 250 g/mol. The summed E-state index contributed by atoms with van der Waals surface area (Å²) in [4.78, 5) is 13.1. The molecule has 0 saturated heterocycles. The Bertz CT molecular complexity index is 395. The highest BCUT2D eigenvalue weighted by Gasteiger charge is 2.21. The molecule has 0 aliphatic heterocycles. The number of hydrogen-bond acceptors (Lipinski definition) is 2. The van der Waals surface area contributed by atoms with E-state index in [9.17, 15) is 9.90 Å². The highest BCUT2D eigenvalue weighted by Crippen LogP contribution is 2.15. The molecule has 0 bridgehead atoms. The lowest BCUT2D eigenvalue weighted by Crippen LogP contribution is -2.37. The summed E-state index contributed by atoms with van der Waals surface area (Å²) in [5.74, 6) is -0.757. The molecule has 1 aromatic rings. The van der Waals surface area contributed by atoms with E-state index in [-0.39, 0.29) is 0 Å². The maximum atomic E-state index is 11.2. The van der Waals surface area contributed by atoms with Crippen molar-refractivity contribution in [1.82, 2.24) is 4.90 Å². The topological polar surface area (TPSA) is 40.5 Å². The van der Waals surface area contributed by atoms with Crippen LogP contribution in [-0.4, -0.2) is 29.1 Å². The van der Waals surface area contributed by atoms with Crippen molar-refractivity contribution in [2.75, 3.05) is 7.05 Å². The van der Waals surface area contributed by atoms with Crippen LogP contribution in [0.3, 0.4) is 0 Å². The van der Waals surface area contributed by atoms with Crippen molar-refractivity contribution in [3.05, 3.63) is 34.9 Å². The minimum Gasteiger partial charge on any atom is -0.480 e. The van der Waals surface area contributed by atoms with Gasteiger partial charge in [-0.2, -0.15) is 0 Å². The summed E-state index contributed by atoms with van der Waals surface area (Å²) in [5.41, 5.74) is 1.03. The molecule has 0 spiro atoms. The van der Waals surface area contributed by atoms with Gasteiger partial charge in [-0.15, -0.1) is 0 Å². The van der Waals surface area contributed by atoms with Gasteiger partial charge in [0.2, 0.25) is 0 Å². The van der Waals surface area contributed by atoms with E-state index in [1.165, 1.54) is 0 Å². The van der Waals surface area contributed by atoms with Crippen LogP contribution in [0.25, 0.3) is 0 Å². The second kappa shape index (κ2) is 7.39. The van der Waals surface area contributed by atoms with Gasteiger partial charge in [0.15, 0.2) is 0 Å². The van der Waals surface area contributed by atoms with Gasteiger partial charge < -0.3 is 5.11 Å². The van der Waals surface area contributed by atoms with Crippen molar-refractivity contribution in [2.24, 2.45) is 0 Å². The Morgan fingerprint density at radius 3 is 2.78 bits per heavy atom. The molecule has 1 atom stereocenters. The molecule has 4 heteroatoms. The number of likely N-dealkylation sites (N-methyl/N-ethyl adjacent to an activating group) is 1. The number of carboxylic acids is 1. The van der Waals surface area contributed by atoms with E-state index in [0.29, 0.717) is 18.0 Å². The number of benzene rings is 1. The molecule has 0 fully saturated rings. The van der Waals surface area contributed by atoms with E-state index in [1.54, 1.807) is 0 Å². The fraction of sp³-hybridized carbons (Fsp3) is 0.500. The Balaban J connectivity index is 2.66. The number of halogens is 1. The normalized spacial score (nSPS) is 12.7. The summed E-state index contributed by atoms with van der Waals surface area (Å²) in [6, 6.07) is 7.10. The highest BCUT2D eigenvalue weighted by atomic mass is 35.5. The van der Waals surface area contributed by atoms with Crippen LogP contribution in [-0.2, 0) is 11.3 Å². The average molecular weight is 270 g/mol. The molecule has 1 rings (SSSR count). The number of hydrogen-bond donors (Lipinski definition) is 1. The molecule has 1 N–H and O–H groups in total. The van der Waals surface area contributed by atoms with Crippen molar-refractivity contribution < 1.29 is 9.90 Å². The van der Waals surface area contributed by atoms with Crippen LogP contribution >= 0.6 is 11.6 Å². The minimum absolute atomic E-state index is 0.427. The Kier molecular flexibility index (Phi) is 6.16. The molecule has 0 heterocycles. The summed E-state index contributed by atoms with van der Waals surface area (Å²) < 4.78 is 0. The van der Waals surface area contributed by atoms with Gasteiger partial charge in [0.05, 0.1) is 0 Å². The Morgan fingerprint density at radius 1 is 1.50 bits per heavy atom. The fourth-order valence-corrected chi connectivity index (χ4v) is 2.18. The molecule has 1 aromatic carbocycles. The smallest absolute Gasteiger partial charge is 0.320 e. The fourth-order valence-electron chi connectivity index (χ4n) is 1.96. The van der Waals surface area contributed by atoms with E-state index < -0.39 is 12.0 Å². The second-order valence-electron chi connectivity index (χ2n) is 4.54. The minimum atomic E-state index is -0.757. The lowest BCUT2D eigenvalue weighted by atomic mass is 10.1. The van der Waals surface area contributed by atoms with Gasteiger partial charge in [-0.1, -0.05) is 43.5 Å². The number of rotatable bonds is 7. The Hall–Kier alpha value is -1.06. The second-order valence-corrected chi connectivity index (χ2v) is 4.98. The number of carboxylic acid groups (broad SMARTS) is 1. The van der Waals surface area contributed by atoms with Crippen molar-refractivity contribution >= 4 is 17.6 Å². The van der Waals surface area contributed by atoms with Gasteiger partial charge in [0, 0.05) is 11.6 Å². The standard InChI is InChI=1S/C14H20ClNO2/c1-3-4-8-13(14(17)18)16(2)10-11-6-5-7-12(15)9-11/h5-7,9,13H,3-4,8,10H2,1-2H3,(H,17,18). The SMILES string of the molecule is CCCCC(C(=O)O)N(C)Cc1cccc(Cl)c1. The maximum absolute atomic E-state index is 11.2. The highest BCUT2D eigenvalue weighted by molar-refractivity contribution is 6.30. The van der Waals surface area contributed by atoms with E-state index >= 15 is 0 Å². The Morgan fingerprint density at radius 2 is 2.22 bits per heavy atom. The van der Waals surface area contributed by atoms with Crippen LogP contribution in [0.15, 0.2) is 24.3 Å². The zero-order valence-corrected chi connectivity index (χ0v) is 11.7. The van der Waals surface area contributed by atoms with E-state index in [4.69, 9.17) is 11.6 Å². The van der Waals surface area contributed by atoms with Crippen molar-refractivity contribution in [2.45, 2.75) is 38.8 Å². The number of unbranched alkanes of at least 4 members (excludes halogenated alkanes) is 1. The van der Waals surface area contributed by atoms with E-state index in [2.05, 4.69) is 6.92 Å². The average Bonchev–Trinajstić information content (AvgIpc) is 2.29. The van der Waals surface area contributed by atoms with Crippen LogP contribution in [0.2, 0.25) is 5.02 Å². The zero-order valence-electron chi connectivity index (χ0n) is 10.9. The first-order valence-electron chi connectivity index (χ1n) is 6.22. The molecule has 1 unspecified atom stereocenters. The van der Waals surface area contributed by atoms with Gasteiger partial charge >= 0.3 is 5.97 Å². The summed E-state index contributed by atoms with van der Waals surface area (Å²) in [5, 5.41) is 9.92. The summed E-state index contributed by atoms with van der Waals surface area (Å²) >= 11 is 5.92. The third-order valence-corrected chi connectivity index (χ3v) is 3.20. The molecule has 0 aliphatic carbocycles. The molecular formula is C14H20ClNO2. The third kappa shape index (κ3) is 4.67. The maximum Gasteiger partial charge on any atom is 0.320 e. The van der Waals surface area contributed by atoms with Gasteiger partial charge in [-0.05, 0) is 31.2 Å². The molecule has 0 amide bonds. The van der Waals surface area contributed by atoms with Crippen LogP contribution in [0.1, 0.15) is 31.7 Å². The monoisotopic (exact) mass is 269 g/mol. The molecule has 3 nitrogen and oxygen atoms in total. The molecule has 0 aliphatic rings. The predicted octanol–water partition coefficient (Wildman–Crippen LogP) is 3.42. The lowest BCUT2D eigenvalue weighted by molar-refractivity contribution is -0.143. The van der Waals surface area contributed by atoms with Crippen LogP contribution in [0.4, 0.5) is 0 Å². The summed E-state index contributed by atoms with van der Waals surface area (Å²) in [7, 11) is 1.84. The van der Waals surface area contributed by atoms with Crippen LogP contribution in [0, 0.1) is 0 Å². The first kappa shape index (κ1) is 15.0. The largest absolute Gasteiger partial charge is 0.480 e. The van der Waals surface area contributed by atoms with Crippen molar-refractivity contribution in [1.29, 1.82) is 0 Å². The van der Waals surface area contributed by atoms with E-state index in [0.717, 1.165) is 18.4 Å². The van der Waals surface area contributed by atoms with Crippen LogP contribution in [0.5, 0.6) is 0 Å². The number of aliphatic carboxylic acids is 1. The lowest BCUT2D eigenvalue weighted by Gasteiger charge is -2.24. The molecule has 0 radical (unpaired) electrons. The van der Waals surface area contributed by atoms with Crippen molar-refractivity contribution in [3.8, 4) is 0 Å². The summed E-state index contributed by atoms with van der Waals surface area (Å²) in [6.07, 6.45) is 2.62. The molecule has 18 heavy (non-hydrogen) atoms. The Labute approximate surface area is 113 Å². The molecule has 0 aromatic heterocycles. The molecule has 0 saturated carbocycles.